The smallest absolute Gasteiger partial charge is 0.0556 e. The van der Waals surface area contributed by atoms with Crippen molar-refractivity contribution < 1.29 is 0 Å². The second kappa shape index (κ2) is 10.9. The molecule has 1 aliphatic heterocycles. The summed E-state index contributed by atoms with van der Waals surface area (Å²) < 4.78 is 0. The summed E-state index contributed by atoms with van der Waals surface area (Å²) in [6.45, 7) is 12.6. The van der Waals surface area contributed by atoms with Crippen molar-refractivity contribution in [3.63, 3.8) is 0 Å². The lowest BCUT2D eigenvalue weighted by Gasteiger charge is -2.50. The third kappa shape index (κ3) is 3.77. The summed E-state index contributed by atoms with van der Waals surface area (Å²) in [5.41, 5.74) is 27.7. The fourth-order valence-corrected chi connectivity index (χ4v) is 12.3. The summed E-state index contributed by atoms with van der Waals surface area (Å²) in [5, 5.41) is 0. The highest BCUT2D eigenvalue weighted by Crippen LogP contribution is 2.72. The first-order chi connectivity index (χ1) is 27.2. The van der Waals surface area contributed by atoms with Crippen LogP contribution in [0.3, 0.4) is 0 Å². The van der Waals surface area contributed by atoms with Crippen molar-refractivity contribution in [3.8, 4) is 33.4 Å². The molecule has 0 aromatic heterocycles. The fraction of sp³-hybridized carbons (Fsp3) is 0.200. The number of hydrogen-bond acceptors (Lipinski definition) is 1. The van der Waals surface area contributed by atoms with Gasteiger partial charge in [0.25, 0.3) is 0 Å². The van der Waals surface area contributed by atoms with Gasteiger partial charge in [-0.3, -0.25) is 0 Å². The Labute approximate surface area is 331 Å². The molecule has 0 radical (unpaired) electrons. The minimum absolute atomic E-state index is 0.150. The van der Waals surface area contributed by atoms with Crippen molar-refractivity contribution in [2.45, 2.75) is 70.1 Å². The lowest BCUT2D eigenvalue weighted by Crippen LogP contribution is -2.41. The minimum Gasteiger partial charge on any atom is -0.313 e. The molecule has 12 rings (SSSR count). The van der Waals surface area contributed by atoms with Gasteiger partial charge in [-0.15, -0.1) is 0 Å². The van der Waals surface area contributed by atoms with Crippen LogP contribution in [0.15, 0.2) is 162 Å². The van der Waals surface area contributed by atoms with Gasteiger partial charge in [-0.05, 0) is 121 Å². The Kier molecular flexibility index (Phi) is 6.29. The number of benzene rings is 6. The zero-order valence-electron chi connectivity index (χ0n) is 32.9. The van der Waals surface area contributed by atoms with Crippen LogP contribution in [-0.4, -0.2) is 0 Å². The molecule has 1 atom stereocenters. The number of hydrogen-bond donors (Lipinski definition) is 0. The van der Waals surface area contributed by atoms with E-state index in [2.05, 4.69) is 185 Å². The van der Waals surface area contributed by atoms with E-state index in [1.807, 2.05) is 0 Å². The number of anilines is 2. The monoisotopic (exact) mass is 719 g/mol. The van der Waals surface area contributed by atoms with Crippen LogP contribution in [0.5, 0.6) is 0 Å². The zero-order chi connectivity index (χ0) is 37.7. The van der Waals surface area contributed by atoms with Crippen molar-refractivity contribution >= 4 is 22.5 Å². The largest absolute Gasteiger partial charge is 0.313 e. The number of para-hydroxylation sites is 1. The molecule has 0 saturated heterocycles. The molecule has 0 amide bonds. The molecule has 1 nitrogen and oxygen atoms in total. The summed E-state index contributed by atoms with van der Waals surface area (Å²) in [5.74, 6) is 0. The van der Waals surface area contributed by atoms with E-state index in [4.69, 9.17) is 0 Å². The molecule has 1 unspecified atom stereocenters. The summed E-state index contributed by atoms with van der Waals surface area (Å²) in [7, 11) is 0. The Balaban J connectivity index is 1.32. The number of rotatable bonds is 3. The topological polar surface area (TPSA) is 3.24 Å². The second-order valence-corrected chi connectivity index (χ2v) is 18.0. The van der Waals surface area contributed by atoms with Crippen LogP contribution in [0.4, 0.5) is 11.4 Å². The maximum atomic E-state index is 2.82. The summed E-state index contributed by atoms with van der Waals surface area (Å²) in [6, 6.07) is 48.6. The van der Waals surface area contributed by atoms with Crippen molar-refractivity contribution in [2.24, 2.45) is 0 Å². The lowest BCUT2D eigenvalue weighted by molar-refractivity contribution is 0.574. The van der Waals surface area contributed by atoms with Gasteiger partial charge in [-0.25, -0.2) is 0 Å². The van der Waals surface area contributed by atoms with Gasteiger partial charge in [0.1, 0.15) is 0 Å². The van der Waals surface area contributed by atoms with E-state index in [0.29, 0.717) is 0 Å². The van der Waals surface area contributed by atoms with Crippen molar-refractivity contribution in [2.75, 3.05) is 4.90 Å². The van der Waals surface area contributed by atoms with E-state index >= 15 is 0 Å². The van der Waals surface area contributed by atoms with Crippen molar-refractivity contribution in [1.82, 2.24) is 0 Å². The molecule has 270 valence electrons. The molecule has 6 aliphatic rings. The minimum atomic E-state index is -0.375. The molecule has 1 heterocycles. The van der Waals surface area contributed by atoms with Crippen LogP contribution < -0.4 is 4.90 Å². The summed E-state index contributed by atoms with van der Waals surface area (Å²) >= 11 is 0. The first-order valence-corrected chi connectivity index (χ1v) is 20.6. The Bertz CT molecular complexity index is 2890. The van der Waals surface area contributed by atoms with Crippen LogP contribution in [0, 0.1) is 0 Å². The van der Waals surface area contributed by atoms with E-state index in [-0.39, 0.29) is 16.2 Å². The van der Waals surface area contributed by atoms with Crippen LogP contribution in [0.25, 0.3) is 44.5 Å². The summed E-state index contributed by atoms with van der Waals surface area (Å²) in [6.07, 6.45) is 9.85. The van der Waals surface area contributed by atoms with Crippen LogP contribution in [0.2, 0.25) is 0 Å². The van der Waals surface area contributed by atoms with Gasteiger partial charge in [0.2, 0.25) is 0 Å². The van der Waals surface area contributed by atoms with Gasteiger partial charge in [-0.2, -0.15) is 0 Å². The first-order valence-electron chi connectivity index (χ1n) is 20.6. The van der Waals surface area contributed by atoms with E-state index in [9.17, 15) is 0 Å². The second-order valence-electron chi connectivity index (χ2n) is 18.0. The fourth-order valence-electron chi connectivity index (χ4n) is 12.3. The van der Waals surface area contributed by atoms with Crippen LogP contribution >= 0.6 is 0 Å². The average molecular weight is 720 g/mol. The molecule has 0 saturated carbocycles. The van der Waals surface area contributed by atoms with Gasteiger partial charge >= 0.3 is 0 Å². The SMILES string of the molecule is CC1(C)C2=C(CCC3=C2C2(C)c4ccccc4-c4c(-c5ccccc5)c5c(c(c42)N3c2ccccc2C2=CC=CC2)C(C)(C)c2ccccc2-5)c2ccccc21. The van der Waals surface area contributed by atoms with Gasteiger partial charge in [-0.1, -0.05) is 167 Å². The van der Waals surface area contributed by atoms with Crippen LogP contribution in [-0.2, 0) is 16.2 Å². The Morgan fingerprint density at radius 2 is 1.09 bits per heavy atom. The molecule has 6 aromatic carbocycles. The Morgan fingerprint density at radius 1 is 0.500 bits per heavy atom. The molecule has 0 N–H and O–H groups in total. The Hall–Kier alpha value is -5.92. The summed E-state index contributed by atoms with van der Waals surface area (Å²) in [4.78, 5) is 2.82. The van der Waals surface area contributed by atoms with Gasteiger partial charge in [0.05, 0.1) is 11.4 Å². The van der Waals surface area contributed by atoms with Gasteiger partial charge in [0, 0.05) is 27.5 Å². The molecule has 1 heteroatoms. The van der Waals surface area contributed by atoms with E-state index < -0.39 is 0 Å². The maximum absolute atomic E-state index is 2.82. The van der Waals surface area contributed by atoms with Crippen molar-refractivity contribution in [1.29, 1.82) is 0 Å². The van der Waals surface area contributed by atoms with Crippen molar-refractivity contribution in [3.05, 3.63) is 201 Å². The van der Waals surface area contributed by atoms with E-state index in [1.54, 1.807) is 11.1 Å². The number of nitrogens with zero attached hydrogens (tertiary/aromatic N) is 1. The maximum Gasteiger partial charge on any atom is 0.0556 e. The third-order valence-electron chi connectivity index (χ3n) is 14.5. The number of allylic oxidation sites excluding steroid dienone is 8. The first kappa shape index (κ1) is 32.3. The predicted molar refractivity (Wildman–Crippen MR) is 234 cm³/mol. The van der Waals surface area contributed by atoms with E-state index in [1.165, 1.54) is 101 Å². The standard InChI is InChI=1S/C55H45N/c1-53(2)40-27-15-11-24-36(40)37-31-32-44-49(48(37)53)55(5)42-29-17-13-26-39(42)47-45(34-21-7-6-8-22-34)46-38-25-12-16-28-41(38)54(3,4)50(46)52(51(47)55)56(44)43-30-18-14-23-35(43)33-19-9-10-20-33/h6-19,21-30H,20,31-32H2,1-5H3. The van der Waals surface area contributed by atoms with Gasteiger partial charge in [0.15, 0.2) is 0 Å². The zero-order valence-corrected chi connectivity index (χ0v) is 32.9. The van der Waals surface area contributed by atoms with E-state index in [0.717, 1.165) is 19.3 Å². The predicted octanol–water partition coefficient (Wildman–Crippen LogP) is 14.2. The quantitative estimate of drug-likeness (QED) is 0.176. The highest BCUT2D eigenvalue weighted by atomic mass is 15.2. The molecule has 5 aliphatic carbocycles. The lowest BCUT2D eigenvalue weighted by atomic mass is 9.60. The Morgan fingerprint density at radius 3 is 1.80 bits per heavy atom. The van der Waals surface area contributed by atoms with Gasteiger partial charge < -0.3 is 4.90 Å². The third-order valence-corrected chi connectivity index (χ3v) is 14.5. The molecule has 0 spiro atoms. The average Bonchev–Trinajstić information content (AvgIpc) is 3.97. The molecule has 6 aromatic rings. The molecule has 0 bridgehead atoms. The molecule has 0 fully saturated rings. The highest BCUT2D eigenvalue weighted by molar-refractivity contribution is 6.11. The normalized spacial score (nSPS) is 20.9. The molecular formula is C55H45N. The highest BCUT2D eigenvalue weighted by Gasteiger charge is 2.58. The molecular weight excluding hydrogens is 675 g/mol. The molecule has 56 heavy (non-hydrogen) atoms. The number of fused-ring (bicyclic) bond motifs is 11. The van der Waals surface area contributed by atoms with Crippen LogP contribution in [0.1, 0.15) is 92.8 Å².